The van der Waals surface area contributed by atoms with Crippen LogP contribution in [0.5, 0.6) is 11.5 Å². The molecule has 0 atom stereocenters. The molecule has 0 radical (unpaired) electrons. The predicted molar refractivity (Wildman–Crippen MR) is 120 cm³/mol. The first-order valence-electron chi connectivity index (χ1n) is 9.87. The van der Waals surface area contributed by atoms with Gasteiger partial charge in [0, 0.05) is 0 Å². The Morgan fingerprint density at radius 3 is 2.41 bits per heavy atom. The number of ether oxygens (including phenoxy) is 2. The lowest BCUT2D eigenvalue weighted by molar-refractivity contribution is 0.269. The van der Waals surface area contributed by atoms with E-state index in [1.54, 1.807) is 6.21 Å². The van der Waals surface area contributed by atoms with Crippen molar-refractivity contribution >= 4 is 11.9 Å². The summed E-state index contributed by atoms with van der Waals surface area (Å²) in [4.78, 5) is 0. The highest BCUT2D eigenvalue weighted by molar-refractivity contribution is 5.81. The van der Waals surface area contributed by atoms with Crippen LogP contribution in [-0.2, 0) is 6.61 Å². The van der Waals surface area contributed by atoms with E-state index >= 15 is 0 Å². The lowest BCUT2D eigenvalue weighted by Gasteiger charge is -2.13. The van der Waals surface area contributed by atoms with Gasteiger partial charge in [-0.25, -0.2) is 0 Å². The molecule has 4 nitrogen and oxygen atoms in total. The molecule has 0 spiro atoms. The summed E-state index contributed by atoms with van der Waals surface area (Å²) in [6.45, 7) is 9.32. The van der Waals surface area contributed by atoms with Gasteiger partial charge in [0.1, 0.15) is 6.61 Å². The Kier molecular flexibility index (Phi) is 6.90. The molecule has 3 aromatic carbocycles. The number of nitrogens with one attached hydrogen (secondary N) is 1. The van der Waals surface area contributed by atoms with Gasteiger partial charge in [-0.05, 0) is 85.8 Å². The van der Waals surface area contributed by atoms with E-state index in [0.29, 0.717) is 13.2 Å². The minimum atomic E-state index is 0.508. The standard InChI is InChI=1S/C25H28N2O2/c1-5-28-25-15-21(16-26-27-23-12-10-18(2)20(4)14-23)11-13-24(25)29-17-22-9-7-6-8-19(22)3/h6-16,27H,5,17H2,1-4H3. The summed E-state index contributed by atoms with van der Waals surface area (Å²) >= 11 is 0. The Labute approximate surface area is 173 Å². The molecule has 3 rings (SSSR count). The van der Waals surface area contributed by atoms with Crippen molar-refractivity contribution in [2.75, 3.05) is 12.0 Å². The largest absolute Gasteiger partial charge is 0.490 e. The molecule has 0 fully saturated rings. The van der Waals surface area contributed by atoms with Gasteiger partial charge in [0.15, 0.2) is 11.5 Å². The maximum absolute atomic E-state index is 6.02. The van der Waals surface area contributed by atoms with Crippen molar-refractivity contribution in [2.24, 2.45) is 5.10 Å². The van der Waals surface area contributed by atoms with E-state index in [1.165, 1.54) is 16.7 Å². The van der Waals surface area contributed by atoms with Crippen LogP contribution in [0.1, 0.15) is 34.7 Å². The quantitative estimate of drug-likeness (QED) is 0.378. The highest BCUT2D eigenvalue weighted by Gasteiger charge is 2.07. The lowest BCUT2D eigenvalue weighted by atomic mass is 10.1. The number of aryl methyl sites for hydroxylation is 3. The third kappa shape index (κ3) is 5.61. The van der Waals surface area contributed by atoms with E-state index in [2.05, 4.69) is 55.6 Å². The molecule has 0 saturated heterocycles. The summed E-state index contributed by atoms with van der Waals surface area (Å²) in [6, 6.07) is 20.3. The first-order chi connectivity index (χ1) is 14.1. The van der Waals surface area contributed by atoms with Crippen LogP contribution in [0, 0.1) is 20.8 Å². The fourth-order valence-corrected chi connectivity index (χ4v) is 2.91. The van der Waals surface area contributed by atoms with Crippen molar-refractivity contribution in [3.63, 3.8) is 0 Å². The van der Waals surface area contributed by atoms with Crippen LogP contribution in [0.3, 0.4) is 0 Å². The number of hydrogen-bond acceptors (Lipinski definition) is 4. The summed E-state index contributed by atoms with van der Waals surface area (Å²) in [5, 5.41) is 4.35. The summed E-state index contributed by atoms with van der Waals surface area (Å²) < 4.78 is 11.8. The number of rotatable bonds is 8. The third-order valence-electron chi connectivity index (χ3n) is 4.83. The topological polar surface area (TPSA) is 42.8 Å². The SMILES string of the molecule is CCOc1cc(C=NNc2ccc(C)c(C)c2)ccc1OCc1ccccc1C. The molecule has 29 heavy (non-hydrogen) atoms. The smallest absolute Gasteiger partial charge is 0.161 e. The van der Waals surface area contributed by atoms with E-state index in [-0.39, 0.29) is 0 Å². The Hall–Kier alpha value is -3.27. The molecule has 0 unspecified atom stereocenters. The van der Waals surface area contributed by atoms with Crippen LogP contribution in [0.4, 0.5) is 5.69 Å². The fourth-order valence-electron chi connectivity index (χ4n) is 2.91. The van der Waals surface area contributed by atoms with Crippen LogP contribution in [0.2, 0.25) is 0 Å². The highest BCUT2D eigenvalue weighted by Crippen LogP contribution is 2.29. The number of nitrogens with zero attached hydrogens (tertiary/aromatic N) is 1. The van der Waals surface area contributed by atoms with Gasteiger partial charge in [0.2, 0.25) is 0 Å². The Morgan fingerprint density at radius 2 is 1.66 bits per heavy atom. The van der Waals surface area contributed by atoms with E-state index < -0.39 is 0 Å². The second kappa shape index (κ2) is 9.78. The summed E-state index contributed by atoms with van der Waals surface area (Å²) in [6.07, 6.45) is 1.78. The molecule has 0 amide bonds. The van der Waals surface area contributed by atoms with Gasteiger partial charge < -0.3 is 9.47 Å². The van der Waals surface area contributed by atoms with Crippen LogP contribution in [-0.4, -0.2) is 12.8 Å². The number of hydrazone groups is 1. The molecule has 0 heterocycles. The Balaban J connectivity index is 1.69. The predicted octanol–water partition coefficient (Wildman–Crippen LogP) is 6.04. The highest BCUT2D eigenvalue weighted by atomic mass is 16.5. The molecule has 0 saturated carbocycles. The first-order valence-corrected chi connectivity index (χ1v) is 9.87. The van der Waals surface area contributed by atoms with Gasteiger partial charge in [0.05, 0.1) is 18.5 Å². The van der Waals surface area contributed by atoms with Crippen LogP contribution in [0.25, 0.3) is 0 Å². The monoisotopic (exact) mass is 388 g/mol. The normalized spacial score (nSPS) is 10.9. The van der Waals surface area contributed by atoms with Crippen LogP contribution < -0.4 is 14.9 Å². The number of hydrogen-bond donors (Lipinski definition) is 1. The summed E-state index contributed by atoms with van der Waals surface area (Å²) in [5.41, 5.74) is 9.86. The molecule has 0 aliphatic rings. The minimum absolute atomic E-state index is 0.508. The van der Waals surface area contributed by atoms with Crippen molar-refractivity contribution in [1.82, 2.24) is 0 Å². The molecular weight excluding hydrogens is 360 g/mol. The molecule has 4 heteroatoms. The van der Waals surface area contributed by atoms with Gasteiger partial charge in [-0.15, -0.1) is 0 Å². The lowest BCUT2D eigenvalue weighted by Crippen LogP contribution is -2.01. The fraction of sp³-hybridized carbons (Fsp3) is 0.240. The van der Waals surface area contributed by atoms with Crippen molar-refractivity contribution in [1.29, 1.82) is 0 Å². The Morgan fingerprint density at radius 1 is 0.828 bits per heavy atom. The molecule has 3 aromatic rings. The van der Waals surface area contributed by atoms with Crippen LogP contribution >= 0.6 is 0 Å². The number of anilines is 1. The average Bonchev–Trinajstić information content (AvgIpc) is 2.71. The van der Waals surface area contributed by atoms with Crippen molar-refractivity contribution in [3.05, 3.63) is 88.5 Å². The first kappa shape index (κ1) is 20.5. The van der Waals surface area contributed by atoms with E-state index in [9.17, 15) is 0 Å². The number of benzene rings is 3. The zero-order valence-corrected chi connectivity index (χ0v) is 17.5. The zero-order chi connectivity index (χ0) is 20.6. The Bertz CT molecular complexity index is 996. The molecule has 0 aromatic heterocycles. The maximum atomic E-state index is 6.02. The van der Waals surface area contributed by atoms with E-state index in [1.807, 2.05) is 43.3 Å². The van der Waals surface area contributed by atoms with Gasteiger partial charge >= 0.3 is 0 Å². The van der Waals surface area contributed by atoms with Gasteiger partial charge in [-0.3, -0.25) is 5.43 Å². The van der Waals surface area contributed by atoms with E-state index in [0.717, 1.165) is 28.3 Å². The van der Waals surface area contributed by atoms with Crippen LogP contribution in [0.15, 0.2) is 65.8 Å². The van der Waals surface area contributed by atoms with Gasteiger partial charge in [-0.1, -0.05) is 30.3 Å². The molecule has 0 aliphatic heterocycles. The second-order valence-electron chi connectivity index (χ2n) is 7.02. The van der Waals surface area contributed by atoms with Crippen molar-refractivity contribution in [2.45, 2.75) is 34.3 Å². The average molecular weight is 389 g/mol. The molecule has 0 bridgehead atoms. The van der Waals surface area contributed by atoms with Gasteiger partial charge in [-0.2, -0.15) is 5.10 Å². The van der Waals surface area contributed by atoms with E-state index in [4.69, 9.17) is 9.47 Å². The molecular formula is C25H28N2O2. The minimum Gasteiger partial charge on any atom is -0.490 e. The third-order valence-corrected chi connectivity index (χ3v) is 4.83. The summed E-state index contributed by atoms with van der Waals surface area (Å²) in [7, 11) is 0. The molecule has 0 aliphatic carbocycles. The van der Waals surface area contributed by atoms with Crippen molar-refractivity contribution in [3.8, 4) is 11.5 Å². The summed E-state index contributed by atoms with van der Waals surface area (Å²) in [5.74, 6) is 1.45. The second-order valence-corrected chi connectivity index (χ2v) is 7.02. The van der Waals surface area contributed by atoms with Crippen molar-refractivity contribution < 1.29 is 9.47 Å². The zero-order valence-electron chi connectivity index (χ0n) is 17.5. The molecule has 1 N–H and O–H groups in total. The van der Waals surface area contributed by atoms with Gasteiger partial charge in [0.25, 0.3) is 0 Å². The maximum Gasteiger partial charge on any atom is 0.161 e. The molecule has 150 valence electrons.